The topological polar surface area (TPSA) is 228 Å². The quantitative estimate of drug-likeness (QED) is 0.0204. The van der Waals surface area contributed by atoms with E-state index in [0.717, 1.165) is 44.9 Å². The summed E-state index contributed by atoms with van der Waals surface area (Å²) in [4.78, 5) is 13.4. The van der Waals surface area contributed by atoms with Crippen molar-refractivity contribution < 1.29 is 64.6 Å². The molecule has 0 saturated carbocycles. The second kappa shape index (κ2) is 66.2. The Balaban J connectivity index is 1.60. The molecule has 564 valence electrons. The number of nitrogens with one attached hydrogen (secondary N) is 1. The lowest BCUT2D eigenvalue weighted by molar-refractivity contribution is -0.359. The van der Waals surface area contributed by atoms with Crippen LogP contribution in [0.2, 0.25) is 0 Å². The predicted molar refractivity (Wildman–Crippen MR) is 397 cm³/mol. The molecule has 0 aromatic heterocycles. The van der Waals surface area contributed by atoms with Crippen LogP contribution in [-0.4, -0.2) is 140 Å². The van der Waals surface area contributed by atoms with Crippen LogP contribution in [0.3, 0.4) is 0 Å². The van der Waals surface area contributed by atoms with Crippen LogP contribution in [0.4, 0.5) is 0 Å². The van der Waals surface area contributed by atoms with Crippen molar-refractivity contribution in [1.29, 1.82) is 0 Å². The predicted octanol–water partition coefficient (Wildman–Crippen LogP) is 18.6. The molecular weight excluding hydrogens is 1210 g/mol. The Morgan fingerprint density at radius 2 is 0.667 bits per heavy atom. The summed E-state index contributed by atoms with van der Waals surface area (Å²) in [5.41, 5.74) is 0. The number of ether oxygens (including phenoxy) is 4. The molecule has 2 saturated heterocycles. The van der Waals surface area contributed by atoms with E-state index in [1.54, 1.807) is 6.08 Å². The average molecular weight is 1360 g/mol. The van der Waals surface area contributed by atoms with Crippen LogP contribution in [0, 0.1) is 0 Å². The maximum Gasteiger partial charge on any atom is 0.220 e. The smallest absolute Gasteiger partial charge is 0.220 e. The molecule has 2 aliphatic heterocycles. The van der Waals surface area contributed by atoms with Gasteiger partial charge in [0.05, 0.1) is 32.0 Å². The summed E-state index contributed by atoms with van der Waals surface area (Å²) in [6, 6.07) is -0.939. The number of hydrogen-bond donors (Lipinski definition) is 9. The van der Waals surface area contributed by atoms with Gasteiger partial charge < -0.3 is 65.1 Å². The average Bonchev–Trinajstić information content (AvgIpc) is 0.857. The summed E-state index contributed by atoms with van der Waals surface area (Å²) in [5, 5.41) is 87.6. The van der Waals surface area contributed by atoms with E-state index in [1.165, 1.54) is 295 Å². The van der Waals surface area contributed by atoms with Crippen molar-refractivity contribution in [3.63, 3.8) is 0 Å². The van der Waals surface area contributed by atoms with Crippen molar-refractivity contribution in [1.82, 2.24) is 5.32 Å². The van der Waals surface area contributed by atoms with Crippen LogP contribution in [0.5, 0.6) is 0 Å². The van der Waals surface area contributed by atoms with Crippen LogP contribution in [0.15, 0.2) is 48.6 Å². The molecule has 1 amide bonds. The molecule has 0 bridgehead atoms. The molecule has 0 spiro atoms. The molecule has 96 heavy (non-hydrogen) atoms. The van der Waals surface area contributed by atoms with Gasteiger partial charge in [0.1, 0.15) is 48.8 Å². The van der Waals surface area contributed by atoms with Crippen molar-refractivity contribution in [2.45, 2.75) is 447 Å². The van der Waals surface area contributed by atoms with Gasteiger partial charge in [-0.1, -0.05) is 345 Å². The van der Waals surface area contributed by atoms with Crippen molar-refractivity contribution in [2.24, 2.45) is 0 Å². The first-order valence-corrected chi connectivity index (χ1v) is 40.9. The molecule has 0 aromatic carbocycles. The molecule has 14 nitrogen and oxygen atoms in total. The molecule has 2 heterocycles. The zero-order valence-electron chi connectivity index (χ0n) is 61.9. The Morgan fingerprint density at radius 1 is 0.365 bits per heavy atom. The first-order chi connectivity index (χ1) is 47.1. The van der Waals surface area contributed by atoms with Crippen LogP contribution in [-0.2, 0) is 23.7 Å². The van der Waals surface area contributed by atoms with Crippen LogP contribution < -0.4 is 5.32 Å². The zero-order valence-corrected chi connectivity index (χ0v) is 61.9. The van der Waals surface area contributed by atoms with E-state index in [0.29, 0.717) is 12.8 Å². The zero-order chi connectivity index (χ0) is 69.4. The number of allylic oxidation sites excluding steroid dienone is 7. The highest BCUT2D eigenvalue weighted by Crippen LogP contribution is 2.30. The third-order valence-electron chi connectivity index (χ3n) is 20.0. The Morgan fingerprint density at radius 3 is 1.02 bits per heavy atom. The highest BCUT2D eigenvalue weighted by molar-refractivity contribution is 5.76. The number of rotatable bonds is 69. The fourth-order valence-electron chi connectivity index (χ4n) is 13.5. The second-order valence-electron chi connectivity index (χ2n) is 28.9. The third kappa shape index (κ3) is 48.7. The molecule has 12 atom stereocenters. The van der Waals surface area contributed by atoms with Gasteiger partial charge in [0.15, 0.2) is 12.6 Å². The Labute approximate surface area is 588 Å². The van der Waals surface area contributed by atoms with Gasteiger partial charge in [-0.2, -0.15) is 0 Å². The summed E-state index contributed by atoms with van der Waals surface area (Å²) < 4.78 is 22.9. The molecule has 0 radical (unpaired) electrons. The van der Waals surface area contributed by atoms with Crippen molar-refractivity contribution in [2.75, 3.05) is 19.8 Å². The fraction of sp³-hybridized carbons (Fsp3) is 0.890. The summed E-state index contributed by atoms with van der Waals surface area (Å²) in [6.07, 6.45) is 72.1. The summed E-state index contributed by atoms with van der Waals surface area (Å²) in [6.45, 7) is 2.83. The van der Waals surface area contributed by atoms with Crippen molar-refractivity contribution >= 4 is 5.91 Å². The Hall–Kier alpha value is -2.05. The van der Waals surface area contributed by atoms with E-state index >= 15 is 0 Å². The number of carbonyl (C=O) groups excluding carboxylic acids is 1. The maximum atomic E-state index is 13.4. The third-order valence-corrected chi connectivity index (χ3v) is 20.0. The van der Waals surface area contributed by atoms with Crippen LogP contribution in [0.25, 0.3) is 0 Å². The highest BCUT2D eigenvalue weighted by Gasteiger charge is 2.51. The highest BCUT2D eigenvalue weighted by atomic mass is 16.7. The normalized spacial score (nSPS) is 22.4. The number of amides is 1. The number of aliphatic hydroxyl groups is 8. The van der Waals surface area contributed by atoms with Gasteiger partial charge in [-0.15, -0.1) is 0 Å². The molecule has 9 N–H and O–H groups in total. The molecule has 2 fully saturated rings. The van der Waals surface area contributed by atoms with Gasteiger partial charge >= 0.3 is 0 Å². The summed E-state index contributed by atoms with van der Waals surface area (Å²) in [5.74, 6) is -0.246. The number of hydrogen-bond acceptors (Lipinski definition) is 13. The van der Waals surface area contributed by atoms with E-state index in [-0.39, 0.29) is 18.9 Å². The van der Waals surface area contributed by atoms with Gasteiger partial charge in [-0.25, -0.2) is 0 Å². The maximum absolute atomic E-state index is 13.4. The molecular formula is C82H153NO13. The standard InChI is InChI=1S/C82H153NO13/c1-3-5-7-9-11-13-15-17-19-21-23-25-27-29-30-31-32-33-34-35-36-37-38-39-40-42-44-46-48-50-52-54-56-58-60-62-64-66-74(87)83-70(69-93-81-79(92)77(90)80(73(68-85)95-81)96-82-78(91)76(89)75(88)72(67-84)94-82)71(86)65-63-61-59-57-55-53-51-49-47-45-43-41-28-26-24-22-20-18-16-14-12-10-8-6-4-2/h21,23,47,49,55,57,63,65,70-73,75-82,84-86,88-92H,3-20,22,24-46,48,50-54,56,58-62,64,66-69H2,1-2H3,(H,83,87)/b23-21-,49-47+,57-55+,65-63+. The molecule has 0 aromatic rings. The Kier molecular flexibility index (Phi) is 62.1. The molecule has 14 heteroatoms. The lowest BCUT2D eigenvalue weighted by Crippen LogP contribution is -2.65. The lowest BCUT2D eigenvalue weighted by Gasteiger charge is -2.46. The summed E-state index contributed by atoms with van der Waals surface area (Å²) >= 11 is 0. The van der Waals surface area contributed by atoms with E-state index in [4.69, 9.17) is 18.9 Å². The Bertz CT molecular complexity index is 1800. The van der Waals surface area contributed by atoms with Crippen LogP contribution in [0.1, 0.15) is 373 Å². The molecule has 12 unspecified atom stereocenters. The van der Waals surface area contributed by atoms with E-state index in [2.05, 4.69) is 55.6 Å². The lowest BCUT2D eigenvalue weighted by atomic mass is 9.97. The monoisotopic (exact) mass is 1360 g/mol. The van der Waals surface area contributed by atoms with E-state index < -0.39 is 86.8 Å². The second-order valence-corrected chi connectivity index (χ2v) is 28.9. The van der Waals surface area contributed by atoms with Gasteiger partial charge in [-0.05, 0) is 70.6 Å². The summed E-state index contributed by atoms with van der Waals surface area (Å²) in [7, 11) is 0. The van der Waals surface area contributed by atoms with Gasteiger partial charge in [0.2, 0.25) is 5.91 Å². The molecule has 0 aliphatic carbocycles. The van der Waals surface area contributed by atoms with Crippen LogP contribution >= 0.6 is 0 Å². The minimum atomic E-state index is -1.79. The number of carbonyl (C=O) groups is 1. The fourth-order valence-corrected chi connectivity index (χ4v) is 13.5. The number of unbranched alkanes of at least 4 members (excludes halogenated alkanes) is 50. The van der Waals surface area contributed by atoms with Gasteiger partial charge in [0, 0.05) is 6.42 Å². The van der Waals surface area contributed by atoms with Gasteiger partial charge in [0.25, 0.3) is 0 Å². The van der Waals surface area contributed by atoms with Crippen molar-refractivity contribution in [3.05, 3.63) is 48.6 Å². The van der Waals surface area contributed by atoms with Gasteiger partial charge in [-0.3, -0.25) is 4.79 Å². The minimum absolute atomic E-state index is 0.246. The SMILES string of the molecule is CCCCCCCCCC/C=C\CCCCCCCCCCCCCCCCCCCCCCCCCCCC(=O)NC(COC1OC(CO)C(OC2OC(CO)C(O)C(O)C2O)C(O)C1O)C(O)/C=C/CC/C=C/CC/C=C/CCCCCCCCCCCCCCCCC. The largest absolute Gasteiger partial charge is 0.394 e. The van der Waals surface area contributed by atoms with E-state index in [9.17, 15) is 45.6 Å². The number of aliphatic hydroxyl groups excluding tert-OH is 8. The minimum Gasteiger partial charge on any atom is -0.394 e. The van der Waals surface area contributed by atoms with Crippen molar-refractivity contribution in [3.8, 4) is 0 Å². The first-order valence-electron chi connectivity index (χ1n) is 40.9. The molecule has 2 rings (SSSR count). The molecule has 2 aliphatic rings. The first kappa shape index (κ1) is 90.0. The van der Waals surface area contributed by atoms with E-state index in [1.807, 2.05) is 6.08 Å².